The molecular formula is C20H20N2O5S3. The highest BCUT2D eigenvalue weighted by atomic mass is 32.2. The van der Waals surface area contributed by atoms with Crippen molar-refractivity contribution in [3.05, 3.63) is 47.0 Å². The summed E-state index contributed by atoms with van der Waals surface area (Å²) in [5.41, 5.74) is 1.81. The maximum atomic E-state index is 10.1. The van der Waals surface area contributed by atoms with Gasteiger partial charge >= 0.3 is 0 Å². The summed E-state index contributed by atoms with van der Waals surface area (Å²) in [4.78, 5) is 4.75. The maximum absolute atomic E-state index is 10.1. The van der Waals surface area contributed by atoms with Gasteiger partial charge in [-0.2, -0.15) is 0 Å². The van der Waals surface area contributed by atoms with Crippen molar-refractivity contribution in [3.63, 3.8) is 0 Å². The Bertz CT molecular complexity index is 1000. The third-order valence-corrected chi connectivity index (χ3v) is 6.70. The number of nitrogens with zero attached hydrogens (tertiary/aromatic N) is 1. The number of benzene rings is 2. The molecule has 1 heterocycles. The Morgan fingerprint density at radius 3 is 2.43 bits per heavy atom. The van der Waals surface area contributed by atoms with E-state index in [-0.39, 0.29) is 18.0 Å². The number of thiocarbonyl (C=S) groups is 1. The molecule has 1 aliphatic heterocycles. The second kappa shape index (κ2) is 9.96. The number of nitrogens with one attached hydrogen (secondary N) is 1. The summed E-state index contributed by atoms with van der Waals surface area (Å²) in [5, 5.41) is 51.6. The average molecular weight is 465 g/mol. The fraction of sp³-hybridized carbons (Fsp3) is 0.200. The van der Waals surface area contributed by atoms with Crippen LogP contribution in [0.3, 0.4) is 0 Å². The van der Waals surface area contributed by atoms with Crippen LogP contribution in [0.1, 0.15) is 16.7 Å². The van der Waals surface area contributed by atoms with Crippen LogP contribution in [0.4, 0.5) is 0 Å². The molecule has 0 aromatic heterocycles. The van der Waals surface area contributed by atoms with Crippen molar-refractivity contribution in [3.8, 4) is 28.7 Å². The van der Waals surface area contributed by atoms with E-state index < -0.39 is 17.2 Å². The van der Waals surface area contributed by atoms with Crippen LogP contribution in [0.25, 0.3) is 6.08 Å². The van der Waals surface area contributed by atoms with Gasteiger partial charge in [0, 0.05) is 23.6 Å². The van der Waals surface area contributed by atoms with E-state index >= 15 is 0 Å². The molecule has 10 heteroatoms. The van der Waals surface area contributed by atoms with Gasteiger partial charge in [-0.1, -0.05) is 41.8 Å². The number of hydrogen-bond acceptors (Lipinski definition) is 9. The summed E-state index contributed by atoms with van der Waals surface area (Å²) in [7, 11) is 0. The van der Waals surface area contributed by atoms with Crippen LogP contribution in [-0.2, 0) is 12.3 Å². The molecule has 0 saturated carbocycles. The van der Waals surface area contributed by atoms with Crippen LogP contribution in [0, 0.1) is 0 Å². The maximum Gasteiger partial charge on any atom is 0.200 e. The minimum atomic E-state index is -0.569. The van der Waals surface area contributed by atoms with E-state index in [4.69, 9.17) is 12.2 Å². The minimum Gasteiger partial charge on any atom is -0.504 e. The van der Waals surface area contributed by atoms with E-state index in [9.17, 15) is 25.5 Å². The largest absolute Gasteiger partial charge is 0.504 e. The minimum absolute atomic E-state index is 0.143. The lowest BCUT2D eigenvalue weighted by Gasteiger charge is -2.09. The van der Waals surface area contributed by atoms with Crippen LogP contribution in [0.15, 0.2) is 35.3 Å². The molecule has 30 heavy (non-hydrogen) atoms. The molecule has 2 aromatic rings. The van der Waals surface area contributed by atoms with Crippen LogP contribution in [0.2, 0.25) is 0 Å². The normalized spacial score (nSPS) is 13.5. The van der Waals surface area contributed by atoms with E-state index in [2.05, 4.69) is 10.3 Å². The number of rotatable bonds is 6. The van der Waals surface area contributed by atoms with Crippen LogP contribution in [0.5, 0.6) is 28.7 Å². The second-order valence-electron chi connectivity index (χ2n) is 6.37. The summed E-state index contributed by atoms with van der Waals surface area (Å²) in [5.74, 6) is -0.292. The van der Waals surface area contributed by atoms with Crippen molar-refractivity contribution in [1.82, 2.24) is 5.32 Å². The Morgan fingerprint density at radius 2 is 1.77 bits per heavy atom. The zero-order valence-corrected chi connectivity index (χ0v) is 18.2. The van der Waals surface area contributed by atoms with Crippen molar-refractivity contribution < 1.29 is 25.5 Å². The molecule has 0 amide bonds. The van der Waals surface area contributed by atoms with Crippen molar-refractivity contribution in [2.75, 3.05) is 12.3 Å². The van der Waals surface area contributed by atoms with E-state index in [1.807, 2.05) is 0 Å². The highest BCUT2D eigenvalue weighted by Gasteiger charge is 2.13. The first-order valence-corrected chi connectivity index (χ1v) is 11.3. The molecular weight excluding hydrogens is 444 g/mol. The molecule has 7 nitrogen and oxygen atoms in total. The van der Waals surface area contributed by atoms with Gasteiger partial charge in [0.15, 0.2) is 28.7 Å². The SMILES string of the molecule is Oc1cc(CNC(=S)/C=C/c2cc(O)c(O)c(CSC3=NCCS3)c2)cc(O)c1O. The molecule has 0 spiro atoms. The summed E-state index contributed by atoms with van der Waals surface area (Å²) in [6.07, 6.45) is 3.34. The summed E-state index contributed by atoms with van der Waals surface area (Å²) in [6.45, 7) is 1.04. The number of phenols is 5. The molecule has 2 aromatic carbocycles. The third-order valence-electron chi connectivity index (χ3n) is 4.12. The van der Waals surface area contributed by atoms with Crippen LogP contribution in [-0.4, -0.2) is 47.2 Å². The number of phenolic OH excluding ortho intramolecular Hbond substituents is 5. The summed E-state index contributed by atoms with van der Waals surface area (Å²) < 4.78 is 0.978. The van der Waals surface area contributed by atoms with Gasteiger partial charge in [-0.05, 0) is 41.5 Å². The predicted molar refractivity (Wildman–Crippen MR) is 126 cm³/mol. The Hall–Kier alpha value is -2.56. The van der Waals surface area contributed by atoms with Crippen LogP contribution >= 0.6 is 35.7 Å². The molecule has 0 radical (unpaired) electrons. The van der Waals surface area contributed by atoms with Gasteiger partial charge in [0.25, 0.3) is 0 Å². The Kier molecular flexibility index (Phi) is 7.35. The standard InChI is InChI=1S/C20H20N2O5S3/c23-14-6-11(5-13(18(14)26)10-30-20-21-3-4-29-20)1-2-17(28)22-9-12-7-15(24)19(27)16(25)8-12/h1-2,5-8,23-27H,3-4,9-10H2,(H,22,28)/b2-1+. The number of aromatic hydroxyl groups is 5. The van der Waals surface area contributed by atoms with Crippen molar-refractivity contribution >= 4 is 51.2 Å². The quantitative estimate of drug-likeness (QED) is 0.216. The Balaban J connectivity index is 1.62. The van der Waals surface area contributed by atoms with Gasteiger partial charge in [0.1, 0.15) is 4.38 Å². The first kappa shape index (κ1) is 22.1. The second-order valence-corrected chi connectivity index (χ2v) is 9.11. The van der Waals surface area contributed by atoms with Crippen molar-refractivity contribution in [1.29, 1.82) is 0 Å². The van der Waals surface area contributed by atoms with Crippen molar-refractivity contribution in [2.24, 2.45) is 4.99 Å². The fourth-order valence-corrected chi connectivity index (χ4v) is 4.76. The Morgan fingerprint density at radius 1 is 1.07 bits per heavy atom. The zero-order valence-electron chi connectivity index (χ0n) is 15.7. The lowest BCUT2D eigenvalue weighted by atomic mass is 10.1. The van der Waals surface area contributed by atoms with Gasteiger partial charge in [-0.3, -0.25) is 4.99 Å². The van der Waals surface area contributed by atoms with Gasteiger partial charge in [0.05, 0.1) is 11.5 Å². The smallest absolute Gasteiger partial charge is 0.200 e. The van der Waals surface area contributed by atoms with Gasteiger partial charge in [0.2, 0.25) is 0 Å². The molecule has 158 valence electrons. The molecule has 0 bridgehead atoms. The lowest BCUT2D eigenvalue weighted by Crippen LogP contribution is -2.18. The highest BCUT2D eigenvalue weighted by Crippen LogP contribution is 2.36. The van der Waals surface area contributed by atoms with E-state index in [0.717, 1.165) is 16.7 Å². The zero-order chi connectivity index (χ0) is 21.7. The molecule has 1 aliphatic rings. The highest BCUT2D eigenvalue weighted by molar-refractivity contribution is 8.38. The number of hydrogen-bond donors (Lipinski definition) is 6. The van der Waals surface area contributed by atoms with Crippen LogP contribution < -0.4 is 5.32 Å². The number of aliphatic imine (C=N–C) groups is 1. The molecule has 0 unspecified atom stereocenters. The predicted octanol–water partition coefficient (Wildman–Crippen LogP) is 3.68. The fourth-order valence-electron chi connectivity index (χ4n) is 2.63. The first-order chi connectivity index (χ1) is 14.3. The Labute approximate surface area is 187 Å². The van der Waals surface area contributed by atoms with Crippen molar-refractivity contribution in [2.45, 2.75) is 12.3 Å². The molecule has 6 N–H and O–H groups in total. The van der Waals surface area contributed by atoms with Gasteiger partial charge in [-0.25, -0.2) is 0 Å². The third kappa shape index (κ3) is 5.74. The molecule has 0 saturated heterocycles. The topological polar surface area (TPSA) is 126 Å². The first-order valence-electron chi connectivity index (χ1n) is 8.88. The lowest BCUT2D eigenvalue weighted by molar-refractivity contribution is 0.367. The van der Waals surface area contributed by atoms with Gasteiger partial charge < -0.3 is 30.8 Å². The molecule has 0 fully saturated rings. The summed E-state index contributed by atoms with van der Waals surface area (Å²) >= 11 is 8.46. The van der Waals surface area contributed by atoms with E-state index in [1.54, 1.807) is 30.0 Å². The van der Waals surface area contributed by atoms with E-state index in [1.165, 1.54) is 30.0 Å². The number of thioether (sulfide) groups is 2. The van der Waals surface area contributed by atoms with E-state index in [0.29, 0.717) is 27.4 Å². The summed E-state index contributed by atoms with van der Waals surface area (Å²) in [6, 6.07) is 5.87. The molecule has 0 atom stereocenters. The molecule has 0 aliphatic carbocycles. The van der Waals surface area contributed by atoms with Gasteiger partial charge in [-0.15, -0.1) is 0 Å². The molecule has 3 rings (SSSR count). The monoisotopic (exact) mass is 464 g/mol. The average Bonchev–Trinajstić information content (AvgIpc) is 3.23.